The highest BCUT2D eigenvalue weighted by molar-refractivity contribution is 7.89. The molecule has 0 saturated heterocycles. The number of nitrogens with one attached hydrogen (secondary N) is 1. The van der Waals surface area contributed by atoms with E-state index in [1.807, 2.05) is 13.8 Å². The third-order valence-electron chi connectivity index (χ3n) is 3.85. The van der Waals surface area contributed by atoms with Gasteiger partial charge in [-0.25, -0.2) is 13.1 Å². The van der Waals surface area contributed by atoms with Crippen LogP contribution in [0.4, 0.5) is 0 Å². The van der Waals surface area contributed by atoms with Gasteiger partial charge in [0, 0.05) is 6.04 Å². The molecule has 0 saturated carbocycles. The van der Waals surface area contributed by atoms with Crippen LogP contribution < -0.4 is 4.72 Å². The molecule has 5 heteroatoms. The van der Waals surface area contributed by atoms with Gasteiger partial charge >= 0.3 is 0 Å². The molecule has 0 amide bonds. The molecule has 0 aliphatic rings. The molecule has 1 aromatic carbocycles. The van der Waals surface area contributed by atoms with Crippen LogP contribution >= 0.6 is 0 Å². The van der Waals surface area contributed by atoms with Crippen molar-refractivity contribution in [2.45, 2.75) is 64.5 Å². The van der Waals surface area contributed by atoms with Gasteiger partial charge in [0.15, 0.2) is 0 Å². The summed E-state index contributed by atoms with van der Waals surface area (Å²) >= 11 is 0. The van der Waals surface area contributed by atoms with Crippen molar-refractivity contribution in [1.29, 1.82) is 0 Å². The molecule has 0 fully saturated rings. The van der Waals surface area contributed by atoms with Gasteiger partial charge < -0.3 is 5.11 Å². The number of benzene rings is 1. The van der Waals surface area contributed by atoms with Crippen molar-refractivity contribution in [3.8, 4) is 0 Å². The van der Waals surface area contributed by atoms with Crippen molar-refractivity contribution in [3.05, 3.63) is 29.3 Å². The monoisotopic (exact) mass is 313 g/mol. The molecule has 0 bridgehead atoms. The maximum absolute atomic E-state index is 12.4. The van der Waals surface area contributed by atoms with Gasteiger partial charge in [0.2, 0.25) is 10.0 Å². The van der Waals surface area contributed by atoms with Crippen molar-refractivity contribution in [2.75, 3.05) is 0 Å². The summed E-state index contributed by atoms with van der Waals surface area (Å²) in [7, 11) is -3.53. The summed E-state index contributed by atoms with van der Waals surface area (Å²) in [4.78, 5) is 0.222. The molecule has 0 spiro atoms. The molecule has 1 rings (SSSR count). The van der Waals surface area contributed by atoms with E-state index < -0.39 is 10.0 Å². The highest BCUT2D eigenvalue weighted by atomic mass is 32.2. The van der Waals surface area contributed by atoms with Crippen LogP contribution in [0.5, 0.6) is 0 Å². The van der Waals surface area contributed by atoms with E-state index >= 15 is 0 Å². The number of aliphatic hydroxyl groups is 1. The maximum Gasteiger partial charge on any atom is 0.240 e. The lowest BCUT2D eigenvalue weighted by atomic mass is 10.0. The predicted molar refractivity (Wildman–Crippen MR) is 85.6 cm³/mol. The maximum atomic E-state index is 12.4. The normalized spacial score (nSPS) is 14.9. The SMILES string of the molecule is CCc1ccc(S(=O)(=O)NC(C)CC(C)CC)cc1CO. The van der Waals surface area contributed by atoms with E-state index in [1.165, 1.54) is 0 Å². The quantitative estimate of drug-likeness (QED) is 0.775. The largest absolute Gasteiger partial charge is 0.392 e. The summed E-state index contributed by atoms with van der Waals surface area (Å²) in [5.41, 5.74) is 1.65. The number of aryl methyl sites for hydroxylation is 1. The van der Waals surface area contributed by atoms with Crippen LogP contribution in [0.25, 0.3) is 0 Å². The van der Waals surface area contributed by atoms with Gasteiger partial charge in [0.05, 0.1) is 11.5 Å². The van der Waals surface area contributed by atoms with Crippen molar-refractivity contribution in [3.63, 3.8) is 0 Å². The average molecular weight is 313 g/mol. The Labute approximate surface area is 128 Å². The second-order valence-corrected chi connectivity index (χ2v) is 7.43. The van der Waals surface area contributed by atoms with Gasteiger partial charge in [-0.2, -0.15) is 0 Å². The molecule has 0 aliphatic carbocycles. The summed E-state index contributed by atoms with van der Waals surface area (Å²) in [6.45, 7) is 7.94. The Morgan fingerprint density at radius 1 is 1.19 bits per heavy atom. The van der Waals surface area contributed by atoms with Gasteiger partial charge in [0.1, 0.15) is 0 Å². The van der Waals surface area contributed by atoms with Crippen LogP contribution in [0.3, 0.4) is 0 Å². The average Bonchev–Trinajstić information content (AvgIpc) is 2.45. The fraction of sp³-hybridized carbons (Fsp3) is 0.625. The molecule has 2 atom stereocenters. The van der Waals surface area contributed by atoms with Crippen molar-refractivity contribution >= 4 is 10.0 Å². The molecule has 4 nitrogen and oxygen atoms in total. The van der Waals surface area contributed by atoms with Crippen LogP contribution in [0.15, 0.2) is 23.1 Å². The second-order valence-electron chi connectivity index (χ2n) is 5.71. The number of aliphatic hydroxyl groups excluding tert-OH is 1. The first-order valence-corrected chi connectivity index (χ1v) is 9.07. The molecule has 0 aliphatic heterocycles. The molecule has 2 unspecified atom stereocenters. The fourth-order valence-electron chi connectivity index (χ4n) is 2.41. The molecule has 1 aromatic rings. The van der Waals surface area contributed by atoms with Crippen LogP contribution in [-0.2, 0) is 23.1 Å². The summed E-state index contributed by atoms with van der Waals surface area (Å²) < 4.78 is 27.5. The first kappa shape index (κ1) is 18.1. The van der Waals surface area contributed by atoms with Gasteiger partial charge in [-0.15, -0.1) is 0 Å². The number of hydrogen-bond acceptors (Lipinski definition) is 3. The molecular weight excluding hydrogens is 286 g/mol. The Kier molecular flexibility index (Phi) is 6.84. The standard InChI is InChI=1S/C16H27NO3S/c1-5-12(3)9-13(4)17-21(19,20)16-8-7-14(6-2)15(10-16)11-18/h7-8,10,12-13,17-18H,5-6,9,11H2,1-4H3. The molecule has 0 heterocycles. The van der Waals surface area contributed by atoms with Crippen molar-refractivity contribution < 1.29 is 13.5 Å². The van der Waals surface area contributed by atoms with E-state index in [0.29, 0.717) is 11.5 Å². The van der Waals surface area contributed by atoms with E-state index in [9.17, 15) is 13.5 Å². The van der Waals surface area contributed by atoms with Crippen molar-refractivity contribution in [1.82, 2.24) is 4.72 Å². The van der Waals surface area contributed by atoms with E-state index in [0.717, 1.165) is 24.8 Å². The Hall–Kier alpha value is -0.910. The third-order valence-corrected chi connectivity index (χ3v) is 5.44. The van der Waals surface area contributed by atoms with Crippen LogP contribution in [0.1, 0.15) is 51.7 Å². The van der Waals surface area contributed by atoms with Crippen molar-refractivity contribution in [2.24, 2.45) is 5.92 Å². The van der Waals surface area contributed by atoms with E-state index in [4.69, 9.17) is 0 Å². The van der Waals surface area contributed by atoms with Crippen LogP contribution in [-0.4, -0.2) is 19.6 Å². The third kappa shape index (κ3) is 5.09. The summed E-state index contributed by atoms with van der Waals surface area (Å²) in [5, 5.41) is 9.36. The first-order chi connectivity index (χ1) is 9.83. The summed E-state index contributed by atoms with van der Waals surface area (Å²) in [6, 6.07) is 4.85. The zero-order chi connectivity index (χ0) is 16.0. The highest BCUT2D eigenvalue weighted by Gasteiger charge is 2.19. The number of rotatable bonds is 8. The van der Waals surface area contributed by atoms with Gasteiger partial charge in [0.25, 0.3) is 0 Å². The predicted octanol–water partition coefficient (Wildman–Crippen LogP) is 2.84. The topological polar surface area (TPSA) is 66.4 Å². The zero-order valence-corrected chi connectivity index (χ0v) is 14.2. The Morgan fingerprint density at radius 2 is 1.86 bits per heavy atom. The molecule has 21 heavy (non-hydrogen) atoms. The Morgan fingerprint density at radius 3 is 2.38 bits per heavy atom. The molecule has 120 valence electrons. The lowest BCUT2D eigenvalue weighted by Crippen LogP contribution is -2.33. The molecule has 2 N–H and O–H groups in total. The van der Waals surface area contributed by atoms with Gasteiger partial charge in [-0.05, 0) is 48.9 Å². The van der Waals surface area contributed by atoms with E-state index in [-0.39, 0.29) is 17.5 Å². The van der Waals surface area contributed by atoms with Crippen LogP contribution in [0.2, 0.25) is 0 Å². The number of sulfonamides is 1. The lowest BCUT2D eigenvalue weighted by molar-refractivity contribution is 0.280. The minimum atomic E-state index is -3.53. The fourth-order valence-corrected chi connectivity index (χ4v) is 3.72. The van der Waals surface area contributed by atoms with Gasteiger partial charge in [-0.1, -0.05) is 33.3 Å². The first-order valence-electron chi connectivity index (χ1n) is 7.59. The second kappa shape index (κ2) is 7.92. The lowest BCUT2D eigenvalue weighted by Gasteiger charge is -2.18. The smallest absolute Gasteiger partial charge is 0.240 e. The highest BCUT2D eigenvalue weighted by Crippen LogP contribution is 2.18. The van der Waals surface area contributed by atoms with E-state index in [1.54, 1.807) is 18.2 Å². The van der Waals surface area contributed by atoms with Gasteiger partial charge in [-0.3, -0.25) is 0 Å². The molecule has 0 aromatic heterocycles. The number of hydrogen-bond donors (Lipinski definition) is 2. The minimum absolute atomic E-state index is 0.103. The van der Waals surface area contributed by atoms with Crippen LogP contribution in [0, 0.1) is 5.92 Å². The molecular formula is C16H27NO3S. The minimum Gasteiger partial charge on any atom is -0.392 e. The summed E-state index contributed by atoms with van der Waals surface area (Å²) in [6.07, 6.45) is 2.62. The van der Waals surface area contributed by atoms with E-state index in [2.05, 4.69) is 18.6 Å². The zero-order valence-electron chi connectivity index (χ0n) is 13.4. The summed E-state index contributed by atoms with van der Waals surface area (Å²) in [5.74, 6) is 0.484. The molecule has 0 radical (unpaired) electrons. The Balaban J connectivity index is 2.92. The Bertz CT molecular complexity index is 555.